The molecule has 1 unspecified atom stereocenters. The van der Waals surface area contributed by atoms with E-state index in [1.165, 1.54) is 10.5 Å². The van der Waals surface area contributed by atoms with Gasteiger partial charge in [0.2, 0.25) is 0 Å². The summed E-state index contributed by atoms with van der Waals surface area (Å²) in [7, 11) is 0. The van der Waals surface area contributed by atoms with Gasteiger partial charge in [0.1, 0.15) is 24.0 Å². The summed E-state index contributed by atoms with van der Waals surface area (Å²) in [4.78, 5) is 28.8. The van der Waals surface area contributed by atoms with E-state index >= 15 is 0 Å². The molecule has 0 aliphatic carbocycles. The number of nitrogens with zero attached hydrogens (tertiary/aromatic N) is 1. The predicted octanol–water partition coefficient (Wildman–Crippen LogP) is 1.36. The molecule has 2 aromatic carbocycles. The lowest BCUT2D eigenvalue weighted by molar-refractivity contribution is -0.941. The molecule has 4 rings (SSSR count). The fourth-order valence-electron chi connectivity index (χ4n) is 3.71. The Kier molecular flexibility index (Phi) is 4.41. The first kappa shape index (κ1) is 17.3. The van der Waals surface area contributed by atoms with E-state index in [0.29, 0.717) is 24.6 Å². The standard InChI is InChI=1S/C21H22N4O2/c1-14-7-6-10-17(11-14)25-19-18(20(26)23-21(25)27)12-24(13-22-19)15(2)16-8-4-3-5-9-16/h3-11,15,22H,12-13H2,1-2H3,(H,23,26,27)/p+1/t15-/m1/s1. The largest absolute Gasteiger partial charge is 0.334 e. The minimum atomic E-state index is -0.420. The quantitative estimate of drug-likeness (QED) is 0.658. The lowest BCUT2D eigenvalue weighted by atomic mass is 10.1. The van der Waals surface area contributed by atoms with Crippen molar-refractivity contribution in [2.75, 3.05) is 12.0 Å². The molecule has 2 atom stereocenters. The summed E-state index contributed by atoms with van der Waals surface area (Å²) < 4.78 is 1.56. The van der Waals surface area contributed by atoms with Gasteiger partial charge in [-0.3, -0.25) is 9.78 Å². The molecule has 1 aliphatic rings. The molecule has 0 fully saturated rings. The number of rotatable bonds is 3. The van der Waals surface area contributed by atoms with Gasteiger partial charge in [-0.05, 0) is 31.5 Å². The molecule has 2 heterocycles. The average Bonchev–Trinajstić information content (AvgIpc) is 2.68. The Labute approximate surface area is 157 Å². The van der Waals surface area contributed by atoms with E-state index in [-0.39, 0.29) is 11.6 Å². The molecule has 0 saturated carbocycles. The first-order chi connectivity index (χ1) is 13.0. The molecular formula is C21H23N4O2+. The van der Waals surface area contributed by atoms with Crippen molar-refractivity contribution in [2.45, 2.75) is 26.4 Å². The van der Waals surface area contributed by atoms with Gasteiger partial charge in [0, 0.05) is 5.56 Å². The van der Waals surface area contributed by atoms with Crippen LogP contribution in [-0.2, 0) is 6.54 Å². The zero-order valence-electron chi connectivity index (χ0n) is 15.5. The molecule has 0 radical (unpaired) electrons. The Hall–Kier alpha value is -3.12. The number of aromatic nitrogens is 2. The highest BCUT2D eigenvalue weighted by Crippen LogP contribution is 2.18. The van der Waals surface area contributed by atoms with Crippen LogP contribution in [0.4, 0.5) is 5.82 Å². The minimum absolute atomic E-state index is 0.227. The summed E-state index contributed by atoms with van der Waals surface area (Å²) in [6.45, 7) is 5.33. The number of benzene rings is 2. The minimum Gasteiger partial charge on any atom is -0.324 e. The van der Waals surface area contributed by atoms with E-state index in [4.69, 9.17) is 0 Å². The van der Waals surface area contributed by atoms with Gasteiger partial charge < -0.3 is 10.2 Å². The van der Waals surface area contributed by atoms with Crippen molar-refractivity contribution < 1.29 is 4.90 Å². The molecule has 27 heavy (non-hydrogen) atoms. The number of nitrogens with one attached hydrogen (secondary N) is 3. The van der Waals surface area contributed by atoms with Gasteiger partial charge in [-0.1, -0.05) is 42.5 Å². The molecule has 0 saturated heterocycles. The predicted molar refractivity (Wildman–Crippen MR) is 105 cm³/mol. The Morgan fingerprint density at radius 2 is 1.85 bits per heavy atom. The summed E-state index contributed by atoms with van der Waals surface area (Å²) in [5, 5.41) is 3.34. The van der Waals surface area contributed by atoms with E-state index in [1.54, 1.807) is 4.57 Å². The topological polar surface area (TPSA) is 71.3 Å². The Morgan fingerprint density at radius 1 is 1.07 bits per heavy atom. The molecule has 6 heteroatoms. The normalized spacial score (nSPS) is 17.0. The zero-order valence-corrected chi connectivity index (χ0v) is 15.5. The second kappa shape index (κ2) is 6.89. The monoisotopic (exact) mass is 363 g/mol. The van der Waals surface area contributed by atoms with E-state index < -0.39 is 5.69 Å². The van der Waals surface area contributed by atoms with Gasteiger partial charge in [0.05, 0.1) is 5.69 Å². The molecule has 3 N–H and O–H groups in total. The van der Waals surface area contributed by atoms with Crippen LogP contribution in [0.15, 0.2) is 64.2 Å². The maximum Gasteiger partial charge on any atom is 0.334 e. The lowest BCUT2D eigenvalue weighted by Crippen LogP contribution is -3.12. The van der Waals surface area contributed by atoms with Gasteiger partial charge >= 0.3 is 5.69 Å². The second-order valence-electron chi connectivity index (χ2n) is 7.08. The van der Waals surface area contributed by atoms with Crippen LogP contribution in [0.2, 0.25) is 0 Å². The Bertz CT molecular complexity index is 1090. The third-order valence-electron chi connectivity index (χ3n) is 5.27. The van der Waals surface area contributed by atoms with E-state index in [9.17, 15) is 9.59 Å². The molecule has 1 aromatic heterocycles. The highest BCUT2D eigenvalue weighted by Gasteiger charge is 2.29. The van der Waals surface area contributed by atoms with Crippen LogP contribution in [0.5, 0.6) is 0 Å². The van der Waals surface area contributed by atoms with Crippen molar-refractivity contribution in [1.82, 2.24) is 9.55 Å². The van der Waals surface area contributed by atoms with Crippen molar-refractivity contribution in [2.24, 2.45) is 0 Å². The zero-order chi connectivity index (χ0) is 19.0. The second-order valence-corrected chi connectivity index (χ2v) is 7.08. The van der Waals surface area contributed by atoms with Crippen molar-refractivity contribution in [3.8, 4) is 5.69 Å². The number of aromatic amines is 1. The van der Waals surface area contributed by atoms with Crippen molar-refractivity contribution >= 4 is 5.82 Å². The van der Waals surface area contributed by atoms with Crippen molar-refractivity contribution in [3.05, 3.63) is 92.1 Å². The first-order valence-corrected chi connectivity index (χ1v) is 9.13. The third-order valence-corrected chi connectivity index (χ3v) is 5.27. The Morgan fingerprint density at radius 3 is 2.59 bits per heavy atom. The van der Waals surface area contributed by atoms with E-state index in [0.717, 1.165) is 11.3 Å². The molecule has 0 bridgehead atoms. The smallest absolute Gasteiger partial charge is 0.324 e. The van der Waals surface area contributed by atoms with Crippen molar-refractivity contribution in [1.29, 1.82) is 0 Å². The molecule has 1 aliphatic heterocycles. The average molecular weight is 363 g/mol. The van der Waals surface area contributed by atoms with Crippen LogP contribution < -0.4 is 21.5 Å². The van der Waals surface area contributed by atoms with E-state index in [1.807, 2.05) is 49.4 Å². The fourth-order valence-corrected chi connectivity index (χ4v) is 3.71. The molecule has 138 valence electrons. The van der Waals surface area contributed by atoms with Crippen LogP contribution in [0.1, 0.15) is 29.7 Å². The van der Waals surface area contributed by atoms with Crippen LogP contribution in [0, 0.1) is 6.92 Å². The maximum absolute atomic E-state index is 12.5. The fraction of sp³-hybridized carbons (Fsp3) is 0.238. The summed E-state index contributed by atoms with van der Waals surface area (Å²) >= 11 is 0. The number of anilines is 1. The molecule has 6 nitrogen and oxygen atoms in total. The van der Waals surface area contributed by atoms with Gasteiger partial charge in [0.15, 0.2) is 6.67 Å². The van der Waals surface area contributed by atoms with Gasteiger partial charge in [-0.15, -0.1) is 0 Å². The number of hydrogen-bond donors (Lipinski definition) is 3. The maximum atomic E-state index is 12.5. The summed E-state index contributed by atoms with van der Waals surface area (Å²) in [5.41, 5.74) is 2.90. The number of fused-ring (bicyclic) bond motifs is 1. The first-order valence-electron chi connectivity index (χ1n) is 9.13. The third kappa shape index (κ3) is 3.19. The van der Waals surface area contributed by atoms with Crippen LogP contribution in [-0.4, -0.2) is 16.2 Å². The van der Waals surface area contributed by atoms with E-state index in [2.05, 4.69) is 29.4 Å². The number of H-pyrrole nitrogens is 1. The molecule has 3 aromatic rings. The molecular weight excluding hydrogens is 340 g/mol. The van der Waals surface area contributed by atoms with Gasteiger partial charge in [-0.2, -0.15) is 0 Å². The summed E-state index contributed by atoms with van der Waals surface area (Å²) in [6, 6.07) is 18.2. The SMILES string of the molecule is Cc1cccc(-n2c3c(c(=O)[nH]c2=O)C[NH+]([C@H](C)c2ccccc2)CN3)c1. The van der Waals surface area contributed by atoms with Crippen LogP contribution in [0.3, 0.4) is 0 Å². The Balaban J connectivity index is 1.76. The van der Waals surface area contributed by atoms with Gasteiger partial charge in [0.25, 0.3) is 5.56 Å². The van der Waals surface area contributed by atoms with Crippen molar-refractivity contribution in [3.63, 3.8) is 0 Å². The highest BCUT2D eigenvalue weighted by molar-refractivity contribution is 5.51. The van der Waals surface area contributed by atoms with Crippen LogP contribution >= 0.6 is 0 Å². The number of quaternary nitrogens is 1. The van der Waals surface area contributed by atoms with Crippen LogP contribution in [0.25, 0.3) is 5.69 Å². The summed E-state index contributed by atoms with van der Waals surface area (Å²) in [5.74, 6) is 0.596. The number of aryl methyl sites for hydroxylation is 1. The summed E-state index contributed by atoms with van der Waals surface area (Å²) in [6.07, 6.45) is 0. The lowest BCUT2D eigenvalue weighted by Gasteiger charge is -2.32. The van der Waals surface area contributed by atoms with Gasteiger partial charge in [-0.25, -0.2) is 9.36 Å². The molecule has 0 amide bonds. The highest BCUT2D eigenvalue weighted by atomic mass is 16.2. The number of hydrogen-bond acceptors (Lipinski definition) is 3. The molecule has 0 spiro atoms.